The summed E-state index contributed by atoms with van der Waals surface area (Å²) < 4.78 is 8.52. The van der Waals surface area contributed by atoms with E-state index in [0.29, 0.717) is 40.0 Å². The van der Waals surface area contributed by atoms with Crippen LogP contribution in [0.4, 0.5) is 5.69 Å². The van der Waals surface area contributed by atoms with Crippen molar-refractivity contribution in [2.24, 2.45) is 7.05 Å². The average Bonchev–Trinajstić information content (AvgIpc) is 3.16. The number of carbonyl (C=O) groups excluding carboxylic acids is 1. The van der Waals surface area contributed by atoms with Crippen molar-refractivity contribution in [3.05, 3.63) is 75.6 Å². The van der Waals surface area contributed by atoms with Crippen molar-refractivity contribution < 1.29 is 9.53 Å². The number of nitrogens with zero attached hydrogens (tertiary/aromatic N) is 5. The van der Waals surface area contributed by atoms with Gasteiger partial charge in [0.25, 0.3) is 5.56 Å². The molecule has 34 heavy (non-hydrogen) atoms. The van der Waals surface area contributed by atoms with E-state index in [0.717, 1.165) is 11.3 Å². The monoisotopic (exact) mass is 478 g/mol. The van der Waals surface area contributed by atoms with Crippen molar-refractivity contribution in [2.45, 2.75) is 37.6 Å². The molecule has 3 aromatic heterocycles. The molecule has 10 heteroatoms. The highest BCUT2D eigenvalue weighted by Crippen LogP contribution is 2.24. The molecule has 0 unspecified atom stereocenters. The molecule has 4 rings (SSSR count). The molecule has 176 valence electrons. The number of rotatable bonds is 7. The first-order valence-corrected chi connectivity index (χ1v) is 11.6. The summed E-state index contributed by atoms with van der Waals surface area (Å²) in [6.07, 6.45) is 2.08. The predicted octanol–water partition coefficient (Wildman–Crippen LogP) is 3.16. The van der Waals surface area contributed by atoms with Crippen molar-refractivity contribution in [1.82, 2.24) is 24.1 Å². The summed E-state index contributed by atoms with van der Waals surface area (Å²) in [5, 5.41) is 11.6. The van der Waals surface area contributed by atoms with Crippen LogP contribution in [-0.4, -0.2) is 42.4 Å². The van der Waals surface area contributed by atoms with Crippen molar-refractivity contribution in [3.8, 4) is 5.75 Å². The van der Waals surface area contributed by atoms with Gasteiger partial charge in [-0.05, 0) is 56.7 Å². The van der Waals surface area contributed by atoms with E-state index in [1.807, 2.05) is 44.5 Å². The number of thioether (sulfide) groups is 1. The van der Waals surface area contributed by atoms with Crippen LogP contribution in [0.15, 0.2) is 52.5 Å². The fourth-order valence-corrected chi connectivity index (χ4v) is 4.32. The van der Waals surface area contributed by atoms with E-state index in [4.69, 9.17) is 4.74 Å². The van der Waals surface area contributed by atoms with Crippen molar-refractivity contribution in [1.29, 1.82) is 0 Å². The smallest absolute Gasteiger partial charge is 0.261 e. The molecule has 9 nitrogen and oxygen atoms in total. The highest BCUT2D eigenvalue weighted by Gasteiger charge is 2.20. The third-order valence-corrected chi connectivity index (χ3v) is 6.67. The van der Waals surface area contributed by atoms with Crippen LogP contribution in [0, 0.1) is 13.8 Å². The number of hydrogen-bond acceptors (Lipinski definition) is 7. The Morgan fingerprint density at radius 1 is 1.15 bits per heavy atom. The fraction of sp³-hybridized carbons (Fsp3) is 0.292. The quantitative estimate of drug-likeness (QED) is 0.407. The molecule has 1 N–H and O–H groups in total. The molecule has 0 saturated heterocycles. The third kappa shape index (κ3) is 4.81. The standard InChI is InChI=1S/C24H26N6O3S/c1-14-6-11-20-25-15(2)19(23(32)30(20)13-14)12-21-27-28-24(29(21)4)34-16(3)22(31)26-17-7-9-18(33-5)10-8-17/h6-11,13,16H,12H2,1-5H3,(H,26,31)/t16-/m1/s1. The van der Waals surface area contributed by atoms with Crippen LogP contribution in [0.2, 0.25) is 0 Å². The van der Waals surface area contributed by atoms with E-state index >= 15 is 0 Å². The van der Waals surface area contributed by atoms with Gasteiger partial charge in [-0.3, -0.25) is 14.0 Å². The Kier molecular flexibility index (Phi) is 6.69. The first-order valence-electron chi connectivity index (χ1n) is 10.7. The minimum atomic E-state index is -0.407. The minimum absolute atomic E-state index is 0.115. The van der Waals surface area contributed by atoms with Gasteiger partial charge in [0.2, 0.25) is 5.91 Å². The SMILES string of the molecule is COc1ccc(NC(=O)[C@@H](C)Sc2nnc(Cc3c(C)nc4ccc(C)cn4c3=O)n2C)cc1. The molecule has 0 saturated carbocycles. The van der Waals surface area contributed by atoms with Gasteiger partial charge < -0.3 is 14.6 Å². The Hall–Kier alpha value is -3.66. The minimum Gasteiger partial charge on any atom is -0.497 e. The number of amides is 1. The van der Waals surface area contributed by atoms with E-state index in [2.05, 4.69) is 20.5 Å². The van der Waals surface area contributed by atoms with Crippen LogP contribution in [0.1, 0.15) is 29.6 Å². The Morgan fingerprint density at radius 2 is 1.88 bits per heavy atom. The number of methoxy groups -OCH3 is 1. The highest BCUT2D eigenvalue weighted by molar-refractivity contribution is 8.00. The molecule has 0 radical (unpaired) electrons. The summed E-state index contributed by atoms with van der Waals surface area (Å²) in [4.78, 5) is 30.3. The number of aryl methyl sites for hydroxylation is 2. The molecule has 1 aromatic carbocycles. The molecule has 4 aromatic rings. The van der Waals surface area contributed by atoms with Gasteiger partial charge in [-0.15, -0.1) is 10.2 Å². The first-order chi connectivity index (χ1) is 16.3. The predicted molar refractivity (Wildman–Crippen MR) is 132 cm³/mol. The zero-order chi connectivity index (χ0) is 24.4. The Bertz CT molecular complexity index is 1410. The number of hydrogen-bond donors (Lipinski definition) is 1. The summed E-state index contributed by atoms with van der Waals surface area (Å²) in [7, 11) is 3.42. The second kappa shape index (κ2) is 9.68. The third-order valence-electron chi connectivity index (χ3n) is 5.54. The molecule has 0 spiro atoms. The molecule has 3 heterocycles. The summed E-state index contributed by atoms with van der Waals surface area (Å²) in [5.41, 5.74) is 3.40. The Balaban J connectivity index is 1.49. The van der Waals surface area contributed by atoms with Crippen LogP contribution in [-0.2, 0) is 18.3 Å². The number of pyridine rings is 1. The molecular weight excluding hydrogens is 452 g/mol. The maximum absolute atomic E-state index is 13.1. The number of aromatic nitrogens is 5. The maximum Gasteiger partial charge on any atom is 0.261 e. The van der Waals surface area contributed by atoms with Crippen molar-refractivity contribution >= 4 is 29.0 Å². The number of carbonyl (C=O) groups is 1. The van der Waals surface area contributed by atoms with Crippen LogP contribution >= 0.6 is 11.8 Å². The molecule has 0 bridgehead atoms. The number of anilines is 1. The van der Waals surface area contributed by atoms with Gasteiger partial charge in [-0.2, -0.15) is 0 Å². The van der Waals surface area contributed by atoms with E-state index < -0.39 is 5.25 Å². The lowest BCUT2D eigenvalue weighted by molar-refractivity contribution is -0.115. The zero-order valence-corrected chi connectivity index (χ0v) is 20.5. The van der Waals surface area contributed by atoms with Gasteiger partial charge in [0.05, 0.1) is 12.4 Å². The van der Waals surface area contributed by atoms with E-state index in [1.165, 1.54) is 11.8 Å². The van der Waals surface area contributed by atoms with Crippen LogP contribution in [0.25, 0.3) is 5.65 Å². The second-order valence-electron chi connectivity index (χ2n) is 8.03. The van der Waals surface area contributed by atoms with Gasteiger partial charge >= 0.3 is 0 Å². The van der Waals surface area contributed by atoms with Gasteiger partial charge in [-0.1, -0.05) is 17.8 Å². The zero-order valence-electron chi connectivity index (χ0n) is 19.7. The van der Waals surface area contributed by atoms with Gasteiger partial charge in [-0.25, -0.2) is 4.98 Å². The molecule has 0 aliphatic heterocycles. The second-order valence-corrected chi connectivity index (χ2v) is 9.34. The van der Waals surface area contributed by atoms with E-state index in [-0.39, 0.29) is 11.5 Å². The van der Waals surface area contributed by atoms with Crippen LogP contribution in [0.3, 0.4) is 0 Å². The summed E-state index contributed by atoms with van der Waals surface area (Å²) in [6.45, 7) is 5.57. The van der Waals surface area contributed by atoms with Crippen molar-refractivity contribution in [2.75, 3.05) is 12.4 Å². The fourth-order valence-electron chi connectivity index (χ4n) is 3.49. The van der Waals surface area contributed by atoms with Gasteiger partial charge in [0.1, 0.15) is 17.2 Å². The molecule has 0 fully saturated rings. The molecule has 1 amide bonds. The highest BCUT2D eigenvalue weighted by atomic mass is 32.2. The molecule has 1 atom stereocenters. The largest absolute Gasteiger partial charge is 0.497 e. The lowest BCUT2D eigenvalue weighted by atomic mass is 10.1. The van der Waals surface area contributed by atoms with E-state index in [9.17, 15) is 9.59 Å². The average molecular weight is 479 g/mol. The Labute approximate surface area is 201 Å². The summed E-state index contributed by atoms with van der Waals surface area (Å²) in [5.74, 6) is 1.20. The van der Waals surface area contributed by atoms with Crippen molar-refractivity contribution in [3.63, 3.8) is 0 Å². The lowest BCUT2D eigenvalue weighted by Crippen LogP contribution is -2.23. The number of ether oxygens (including phenoxy) is 1. The Morgan fingerprint density at radius 3 is 2.59 bits per heavy atom. The first kappa shape index (κ1) is 23.5. The normalized spacial score (nSPS) is 12.0. The van der Waals surface area contributed by atoms with Crippen LogP contribution < -0.4 is 15.6 Å². The molecule has 0 aliphatic carbocycles. The maximum atomic E-state index is 13.1. The number of fused-ring (bicyclic) bond motifs is 1. The summed E-state index contributed by atoms with van der Waals surface area (Å²) >= 11 is 1.30. The number of benzene rings is 1. The van der Waals surface area contributed by atoms with Gasteiger partial charge in [0.15, 0.2) is 5.16 Å². The van der Waals surface area contributed by atoms with E-state index in [1.54, 1.807) is 42.0 Å². The lowest BCUT2D eigenvalue weighted by Gasteiger charge is -2.12. The summed E-state index contributed by atoms with van der Waals surface area (Å²) in [6, 6.07) is 10.9. The van der Waals surface area contributed by atoms with Crippen LogP contribution in [0.5, 0.6) is 5.75 Å². The number of nitrogens with one attached hydrogen (secondary N) is 1. The van der Waals surface area contributed by atoms with Gasteiger partial charge in [0, 0.05) is 36.6 Å². The molecular formula is C24H26N6O3S. The molecule has 0 aliphatic rings. The topological polar surface area (TPSA) is 103 Å².